The van der Waals surface area contributed by atoms with Crippen molar-refractivity contribution in [3.8, 4) is 5.75 Å². The Morgan fingerprint density at radius 2 is 1.76 bits per heavy atom. The van der Waals surface area contributed by atoms with Crippen LogP contribution in [0, 0.1) is 0 Å². The molecule has 7 heteroatoms. The van der Waals surface area contributed by atoms with Crippen molar-refractivity contribution in [2.45, 2.75) is 43.0 Å². The highest BCUT2D eigenvalue weighted by Crippen LogP contribution is 2.29. The Bertz CT molecular complexity index is 967. The van der Waals surface area contributed by atoms with Crippen LogP contribution in [-0.4, -0.2) is 38.3 Å². The van der Waals surface area contributed by atoms with Gasteiger partial charge in [-0.3, -0.25) is 4.79 Å². The second-order valence-corrected chi connectivity index (χ2v) is 9.52. The van der Waals surface area contributed by atoms with Crippen molar-refractivity contribution >= 4 is 15.9 Å². The summed E-state index contributed by atoms with van der Waals surface area (Å²) in [5.41, 5.74) is 2.48. The van der Waals surface area contributed by atoms with E-state index in [4.69, 9.17) is 4.74 Å². The van der Waals surface area contributed by atoms with Crippen molar-refractivity contribution in [3.63, 3.8) is 0 Å². The highest BCUT2D eigenvalue weighted by atomic mass is 32.2. The van der Waals surface area contributed by atoms with Gasteiger partial charge in [0.25, 0.3) is 5.91 Å². The van der Waals surface area contributed by atoms with Crippen molar-refractivity contribution in [1.29, 1.82) is 0 Å². The van der Waals surface area contributed by atoms with Gasteiger partial charge in [0.1, 0.15) is 5.75 Å². The summed E-state index contributed by atoms with van der Waals surface area (Å²) in [6.45, 7) is 1.05. The summed E-state index contributed by atoms with van der Waals surface area (Å²) < 4.78 is 32.2. The Morgan fingerprint density at radius 1 is 1.03 bits per heavy atom. The predicted octanol–water partition coefficient (Wildman–Crippen LogP) is 3.04. The van der Waals surface area contributed by atoms with Crippen molar-refractivity contribution in [2.75, 3.05) is 19.7 Å². The van der Waals surface area contributed by atoms with Crippen molar-refractivity contribution < 1.29 is 17.9 Å². The van der Waals surface area contributed by atoms with Crippen LogP contribution >= 0.6 is 0 Å². The third-order valence-corrected chi connectivity index (χ3v) is 7.51. The molecule has 0 unspecified atom stereocenters. The lowest BCUT2D eigenvalue weighted by atomic mass is 9.88. The van der Waals surface area contributed by atoms with Gasteiger partial charge in [0, 0.05) is 13.1 Å². The zero-order valence-corrected chi connectivity index (χ0v) is 17.2. The highest BCUT2D eigenvalue weighted by Gasteiger charge is 2.27. The molecule has 1 aliphatic carbocycles. The minimum absolute atomic E-state index is 0.0176. The zero-order valence-electron chi connectivity index (χ0n) is 16.3. The van der Waals surface area contributed by atoms with Gasteiger partial charge in [0.2, 0.25) is 10.0 Å². The van der Waals surface area contributed by atoms with Crippen molar-refractivity contribution in [2.24, 2.45) is 0 Å². The number of carbonyl (C=O) groups is 1. The lowest BCUT2D eigenvalue weighted by Gasteiger charge is -2.26. The number of hydrogen-bond donors (Lipinski definition) is 1. The van der Waals surface area contributed by atoms with Gasteiger partial charge in [-0.2, -0.15) is 4.31 Å². The number of nitrogens with zero attached hydrogens (tertiary/aromatic N) is 1. The van der Waals surface area contributed by atoms with Crippen LogP contribution in [0.4, 0.5) is 0 Å². The van der Waals surface area contributed by atoms with Gasteiger partial charge in [-0.25, -0.2) is 8.42 Å². The molecule has 0 radical (unpaired) electrons. The molecule has 1 aliphatic heterocycles. The molecule has 154 valence electrons. The number of aryl methyl sites for hydroxylation is 1. The second-order valence-electron chi connectivity index (χ2n) is 7.58. The summed E-state index contributed by atoms with van der Waals surface area (Å²) in [6, 6.07) is 14.5. The van der Waals surface area contributed by atoms with E-state index in [1.807, 2.05) is 12.1 Å². The molecule has 6 nitrogen and oxygen atoms in total. The predicted molar refractivity (Wildman–Crippen MR) is 110 cm³/mol. The van der Waals surface area contributed by atoms with E-state index in [1.54, 1.807) is 12.1 Å². The number of sulfonamides is 1. The average molecular weight is 415 g/mol. The summed E-state index contributed by atoms with van der Waals surface area (Å²) in [6.07, 6.45) is 4.83. The van der Waals surface area contributed by atoms with Gasteiger partial charge >= 0.3 is 0 Å². The zero-order chi connectivity index (χ0) is 20.3. The van der Waals surface area contributed by atoms with Crippen molar-refractivity contribution in [1.82, 2.24) is 9.62 Å². The number of amides is 1. The maximum Gasteiger partial charge on any atom is 0.258 e. The smallest absolute Gasteiger partial charge is 0.258 e. The first-order valence-electron chi connectivity index (χ1n) is 10.1. The maximum absolute atomic E-state index is 12.6. The lowest BCUT2D eigenvalue weighted by molar-refractivity contribution is -0.123. The molecular weight excluding hydrogens is 388 g/mol. The SMILES string of the molecule is O=C(COc1ccc(S(=O)(=O)N2CCCC2)cc1)N[C@@H]1CCCc2ccccc21. The molecule has 0 spiro atoms. The fourth-order valence-electron chi connectivity index (χ4n) is 4.07. The molecule has 4 rings (SSSR count). The van der Waals surface area contributed by atoms with Crippen LogP contribution in [0.1, 0.15) is 42.9 Å². The van der Waals surface area contributed by atoms with Gasteiger partial charge < -0.3 is 10.1 Å². The van der Waals surface area contributed by atoms with E-state index in [0.29, 0.717) is 18.8 Å². The van der Waals surface area contributed by atoms with Crippen LogP contribution in [0.3, 0.4) is 0 Å². The topological polar surface area (TPSA) is 75.7 Å². The van der Waals surface area contributed by atoms with E-state index in [1.165, 1.54) is 27.6 Å². The molecule has 2 aromatic rings. The van der Waals surface area contributed by atoms with Crippen LogP contribution in [0.15, 0.2) is 53.4 Å². The molecule has 1 fully saturated rings. The van der Waals surface area contributed by atoms with E-state index >= 15 is 0 Å². The Kier molecular flexibility index (Phi) is 5.87. The number of nitrogens with one attached hydrogen (secondary N) is 1. The molecule has 0 aromatic heterocycles. The average Bonchev–Trinajstić information content (AvgIpc) is 3.29. The van der Waals surface area contributed by atoms with Crippen LogP contribution in [0.25, 0.3) is 0 Å². The van der Waals surface area contributed by atoms with Crippen LogP contribution in [-0.2, 0) is 21.2 Å². The van der Waals surface area contributed by atoms with Crippen LogP contribution < -0.4 is 10.1 Å². The normalized spacial score (nSPS) is 19.5. The molecule has 1 atom stereocenters. The van der Waals surface area contributed by atoms with Crippen LogP contribution in [0.2, 0.25) is 0 Å². The summed E-state index contributed by atoms with van der Waals surface area (Å²) in [5, 5.41) is 3.05. The maximum atomic E-state index is 12.6. The first kappa shape index (κ1) is 19.9. The third kappa shape index (κ3) is 4.46. The first-order chi connectivity index (χ1) is 14.0. The standard InChI is InChI=1S/C22H26N2O4S/c25-22(23-21-9-5-7-17-6-1-2-8-20(17)21)16-28-18-10-12-19(13-11-18)29(26,27)24-14-3-4-15-24/h1-2,6,8,10-13,21H,3-5,7,9,14-16H2,(H,23,25)/t21-/m1/s1. The van der Waals surface area contributed by atoms with E-state index in [9.17, 15) is 13.2 Å². The number of rotatable bonds is 6. The Balaban J connectivity index is 1.33. The minimum atomic E-state index is -3.44. The van der Waals surface area contributed by atoms with Crippen molar-refractivity contribution in [3.05, 3.63) is 59.7 Å². The molecule has 1 saturated heterocycles. The number of ether oxygens (including phenoxy) is 1. The number of hydrogen-bond acceptors (Lipinski definition) is 4. The third-order valence-electron chi connectivity index (χ3n) is 5.60. The lowest BCUT2D eigenvalue weighted by Crippen LogP contribution is -2.34. The Morgan fingerprint density at radius 3 is 2.52 bits per heavy atom. The van der Waals surface area contributed by atoms with E-state index in [0.717, 1.165) is 32.1 Å². The van der Waals surface area contributed by atoms with E-state index < -0.39 is 10.0 Å². The summed E-state index contributed by atoms with van der Waals surface area (Å²) in [7, 11) is -3.44. The van der Waals surface area contributed by atoms with Gasteiger partial charge in [-0.15, -0.1) is 0 Å². The molecule has 2 aliphatic rings. The van der Waals surface area contributed by atoms with Gasteiger partial charge in [0.15, 0.2) is 6.61 Å². The quantitative estimate of drug-likeness (QED) is 0.788. The van der Waals surface area contributed by atoms with Gasteiger partial charge in [-0.05, 0) is 67.5 Å². The van der Waals surface area contributed by atoms with Crippen LogP contribution in [0.5, 0.6) is 5.75 Å². The number of benzene rings is 2. The second kappa shape index (κ2) is 8.55. The Labute approximate surface area is 171 Å². The summed E-state index contributed by atoms with van der Waals surface area (Å²) in [5.74, 6) is 0.296. The fourth-order valence-corrected chi connectivity index (χ4v) is 5.59. The molecule has 0 saturated carbocycles. The minimum Gasteiger partial charge on any atom is -0.484 e. The largest absolute Gasteiger partial charge is 0.484 e. The molecule has 29 heavy (non-hydrogen) atoms. The monoisotopic (exact) mass is 414 g/mol. The number of carbonyl (C=O) groups excluding carboxylic acids is 1. The first-order valence-corrected chi connectivity index (χ1v) is 11.6. The Hall–Kier alpha value is -2.38. The molecule has 1 N–H and O–H groups in total. The molecule has 2 aromatic carbocycles. The highest BCUT2D eigenvalue weighted by molar-refractivity contribution is 7.89. The molecule has 1 amide bonds. The summed E-state index contributed by atoms with van der Waals surface area (Å²) >= 11 is 0. The van der Waals surface area contributed by atoms with Gasteiger partial charge in [-0.1, -0.05) is 24.3 Å². The van der Waals surface area contributed by atoms with E-state index in [-0.39, 0.29) is 23.5 Å². The summed E-state index contributed by atoms with van der Waals surface area (Å²) in [4.78, 5) is 12.6. The fraction of sp³-hybridized carbons (Fsp3) is 0.409. The molecule has 0 bridgehead atoms. The molecular formula is C22H26N2O4S. The van der Waals surface area contributed by atoms with E-state index in [2.05, 4.69) is 17.4 Å². The van der Waals surface area contributed by atoms with Gasteiger partial charge in [0.05, 0.1) is 10.9 Å². The molecule has 1 heterocycles. The number of fused-ring (bicyclic) bond motifs is 1.